The summed E-state index contributed by atoms with van der Waals surface area (Å²) < 4.78 is 2.50. The first kappa shape index (κ1) is 13.5. The highest BCUT2D eigenvalue weighted by Crippen LogP contribution is 2.27. The van der Waals surface area contributed by atoms with Crippen LogP contribution in [0.1, 0.15) is 12.6 Å². The lowest BCUT2D eigenvalue weighted by Gasteiger charge is -2.08. The first-order valence-electron chi connectivity index (χ1n) is 5.78. The number of anilines is 1. The van der Waals surface area contributed by atoms with Crippen LogP contribution in [-0.2, 0) is 13.1 Å². The minimum atomic E-state index is -0.417. The number of halogens is 1. The van der Waals surface area contributed by atoms with Gasteiger partial charge in [-0.3, -0.25) is 10.1 Å². The Hall–Kier alpha value is -1.89. The van der Waals surface area contributed by atoms with E-state index in [-0.39, 0.29) is 5.69 Å². The fourth-order valence-electron chi connectivity index (χ4n) is 1.74. The smallest absolute Gasteiger partial charge is 0.283 e. The Morgan fingerprint density at radius 1 is 1.53 bits per heavy atom. The van der Waals surface area contributed by atoms with Crippen molar-refractivity contribution in [2.45, 2.75) is 20.0 Å². The van der Waals surface area contributed by atoms with Crippen molar-refractivity contribution in [1.29, 1.82) is 0 Å². The van der Waals surface area contributed by atoms with Crippen LogP contribution in [-0.4, -0.2) is 14.5 Å². The second kappa shape index (κ2) is 5.83. The molecule has 100 valence electrons. The molecule has 19 heavy (non-hydrogen) atoms. The fourth-order valence-corrected chi connectivity index (χ4v) is 2.26. The molecule has 0 amide bonds. The van der Waals surface area contributed by atoms with Crippen LogP contribution in [0.4, 0.5) is 11.4 Å². The van der Waals surface area contributed by atoms with Crippen molar-refractivity contribution in [2.75, 3.05) is 5.32 Å². The van der Waals surface area contributed by atoms with Crippen molar-refractivity contribution in [2.24, 2.45) is 0 Å². The third-order valence-electron chi connectivity index (χ3n) is 2.76. The molecule has 0 unspecified atom stereocenters. The summed E-state index contributed by atoms with van der Waals surface area (Å²) in [6.45, 7) is 3.53. The van der Waals surface area contributed by atoms with Gasteiger partial charge in [-0.15, -0.1) is 0 Å². The van der Waals surface area contributed by atoms with Crippen molar-refractivity contribution in [3.05, 3.63) is 51.0 Å². The number of aryl methyl sites for hydroxylation is 1. The first-order chi connectivity index (χ1) is 9.11. The number of benzene rings is 1. The lowest BCUT2D eigenvalue weighted by atomic mass is 10.3. The molecule has 7 heteroatoms. The van der Waals surface area contributed by atoms with Crippen molar-refractivity contribution < 1.29 is 4.92 Å². The number of aromatic nitrogens is 2. The van der Waals surface area contributed by atoms with Crippen LogP contribution in [0.5, 0.6) is 0 Å². The van der Waals surface area contributed by atoms with Gasteiger partial charge in [0.15, 0.2) is 0 Å². The SMILES string of the molecule is CCn1cncc1CNc1ccc([N+](=O)[O-])c(Br)c1. The molecule has 0 saturated heterocycles. The van der Waals surface area contributed by atoms with Gasteiger partial charge in [-0.1, -0.05) is 0 Å². The van der Waals surface area contributed by atoms with Crippen molar-refractivity contribution in [1.82, 2.24) is 9.55 Å². The van der Waals surface area contributed by atoms with Gasteiger partial charge in [0.2, 0.25) is 0 Å². The Kier molecular flexibility index (Phi) is 4.16. The highest BCUT2D eigenvalue weighted by molar-refractivity contribution is 9.10. The third kappa shape index (κ3) is 3.11. The van der Waals surface area contributed by atoms with E-state index in [1.807, 2.05) is 11.5 Å². The van der Waals surface area contributed by atoms with Gasteiger partial charge in [-0.05, 0) is 35.0 Å². The van der Waals surface area contributed by atoms with E-state index in [2.05, 4.69) is 26.2 Å². The number of nitrogens with zero attached hydrogens (tertiary/aromatic N) is 3. The molecule has 0 fully saturated rings. The van der Waals surface area contributed by atoms with Gasteiger partial charge < -0.3 is 9.88 Å². The summed E-state index contributed by atoms with van der Waals surface area (Å²) in [7, 11) is 0. The zero-order valence-electron chi connectivity index (χ0n) is 10.3. The van der Waals surface area contributed by atoms with E-state index in [4.69, 9.17) is 0 Å². The maximum atomic E-state index is 10.7. The molecular weight excluding hydrogens is 312 g/mol. The molecule has 1 aromatic carbocycles. The Bertz CT molecular complexity index is 597. The van der Waals surface area contributed by atoms with E-state index < -0.39 is 4.92 Å². The molecular formula is C12H13BrN4O2. The molecule has 1 aromatic heterocycles. The molecule has 0 radical (unpaired) electrons. The van der Waals surface area contributed by atoms with Crippen LogP contribution >= 0.6 is 15.9 Å². The minimum absolute atomic E-state index is 0.0594. The van der Waals surface area contributed by atoms with Crippen LogP contribution in [0.2, 0.25) is 0 Å². The highest BCUT2D eigenvalue weighted by Gasteiger charge is 2.11. The van der Waals surface area contributed by atoms with Gasteiger partial charge in [0, 0.05) is 24.5 Å². The highest BCUT2D eigenvalue weighted by atomic mass is 79.9. The summed E-state index contributed by atoms with van der Waals surface area (Å²) in [5, 5.41) is 13.9. The molecule has 2 rings (SSSR count). The molecule has 0 saturated carbocycles. The zero-order chi connectivity index (χ0) is 13.8. The van der Waals surface area contributed by atoms with E-state index >= 15 is 0 Å². The van der Waals surface area contributed by atoms with E-state index in [0.29, 0.717) is 11.0 Å². The lowest BCUT2D eigenvalue weighted by molar-refractivity contribution is -0.385. The number of nitrogens with one attached hydrogen (secondary N) is 1. The molecule has 0 atom stereocenters. The van der Waals surface area contributed by atoms with Crippen molar-refractivity contribution >= 4 is 27.3 Å². The number of nitro benzene ring substituents is 1. The standard InChI is InChI=1S/C12H13BrN4O2/c1-2-16-8-14-6-10(16)7-15-9-3-4-12(17(18)19)11(13)5-9/h3-6,8,15H,2,7H2,1H3. The van der Waals surface area contributed by atoms with Crippen LogP contribution < -0.4 is 5.32 Å². The summed E-state index contributed by atoms with van der Waals surface area (Å²) in [5.41, 5.74) is 1.95. The molecule has 0 aliphatic heterocycles. The van der Waals surface area contributed by atoms with Crippen LogP contribution in [0.3, 0.4) is 0 Å². The Labute approximate surface area is 118 Å². The van der Waals surface area contributed by atoms with E-state index in [1.54, 1.807) is 24.7 Å². The van der Waals surface area contributed by atoms with E-state index in [1.165, 1.54) is 6.07 Å². The molecule has 1 heterocycles. The average molecular weight is 325 g/mol. The Morgan fingerprint density at radius 2 is 2.32 bits per heavy atom. The van der Waals surface area contributed by atoms with Crippen LogP contribution in [0, 0.1) is 10.1 Å². The minimum Gasteiger partial charge on any atom is -0.379 e. The Morgan fingerprint density at radius 3 is 2.95 bits per heavy atom. The maximum absolute atomic E-state index is 10.7. The summed E-state index contributed by atoms with van der Waals surface area (Å²) in [6.07, 6.45) is 3.58. The Balaban J connectivity index is 2.08. The average Bonchev–Trinajstić information content (AvgIpc) is 2.83. The molecule has 1 N–H and O–H groups in total. The number of rotatable bonds is 5. The largest absolute Gasteiger partial charge is 0.379 e. The number of imidazole rings is 1. The maximum Gasteiger partial charge on any atom is 0.283 e. The predicted molar refractivity (Wildman–Crippen MR) is 76.0 cm³/mol. The van der Waals surface area contributed by atoms with Gasteiger partial charge in [0.05, 0.1) is 28.0 Å². The zero-order valence-corrected chi connectivity index (χ0v) is 11.9. The lowest BCUT2D eigenvalue weighted by Crippen LogP contribution is -2.06. The molecule has 0 aliphatic rings. The van der Waals surface area contributed by atoms with E-state index in [0.717, 1.165) is 17.9 Å². The number of nitro groups is 1. The summed E-state index contributed by atoms with van der Waals surface area (Å²) in [4.78, 5) is 14.4. The van der Waals surface area contributed by atoms with Crippen molar-refractivity contribution in [3.63, 3.8) is 0 Å². The molecule has 0 aliphatic carbocycles. The van der Waals surface area contributed by atoms with Crippen LogP contribution in [0.15, 0.2) is 35.2 Å². The summed E-state index contributed by atoms with van der Waals surface area (Å²) in [6, 6.07) is 4.86. The first-order valence-corrected chi connectivity index (χ1v) is 6.58. The second-order valence-corrected chi connectivity index (χ2v) is 4.80. The molecule has 0 spiro atoms. The number of hydrogen-bond acceptors (Lipinski definition) is 4. The molecule has 6 nitrogen and oxygen atoms in total. The number of hydrogen-bond donors (Lipinski definition) is 1. The van der Waals surface area contributed by atoms with E-state index in [9.17, 15) is 10.1 Å². The van der Waals surface area contributed by atoms with Crippen molar-refractivity contribution in [3.8, 4) is 0 Å². The fraction of sp³-hybridized carbons (Fsp3) is 0.250. The monoisotopic (exact) mass is 324 g/mol. The summed E-state index contributed by atoms with van der Waals surface area (Å²) in [5.74, 6) is 0. The van der Waals surface area contributed by atoms with Gasteiger partial charge in [-0.2, -0.15) is 0 Å². The third-order valence-corrected chi connectivity index (χ3v) is 3.39. The predicted octanol–water partition coefficient (Wildman–Crippen LogP) is 3.19. The topological polar surface area (TPSA) is 73.0 Å². The van der Waals surface area contributed by atoms with Gasteiger partial charge >= 0.3 is 0 Å². The normalized spacial score (nSPS) is 10.4. The molecule has 0 bridgehead atoms. The summed E-state index contributed by atoms with van der Waals surface area (Å²) >= 11 is 3.20. The van der Waals surface area contributed by atoms with Gasteiger partial charge in [0.1, 0.15) is 0 Å². The molecule has 2 aromatic rings. The van der Waals surface area contributed by atoms with Gasteiger partial charge in [-0.25, -0.2) is 4.98 Å². The quantitative estimate of drug-likeness (QED) is 0.677. The van der Waals surface area contributed by atoms with Crippen LogP contribution in [0.25, 0.3) is 0 Å². The van der Waals surface area contributed by atoms with Gasteiger partial charge in [0.25, 0.3) is 5.69 Å². The second-order valence-electron chi connectivity index (χ2n) is 3.95.